The van der Waals surface area contributed by atoms with Gasteiger partial charge in [0.1, 0.15) is 5.82 Å². The predicted molar refractivity (Wildman–Crippen MR) is 80.0 cm³/mol. The van der Waals surface area contributed by atoms with E-state index in [1.54, 1.807) is 0 Å². The van der Waals surface area contributed by atoms with Gasteiger partial charge < -0.3 is 5.32 Å². The van der Waals surface area contributed by atoms with Crippen LogP contribution in [0, 0.1) is 11.2 Å². The van der Waals surface area contributed by atoms with Gasteiger partial charge in [-0.1, -0.05) is 56.3 Å². The summed E-state index contributed by atoms with van der Waals surface area (Å²) < 4.78 is 13.1. The molecule has 2 atom stereocenters. The smallest absolute Gasteiger partial charge is 0.123 e. The van der Waals surface area contributed by atoms with E-state index in [0.717, 1.165) is 5.56 Å². The first-order chi connectivity index (χ1) is 9.56. The van der Waals surface area contributed by atoms with Crippen LogP contribution in [-0.2, 0) is 0 Å². The molecule has 0 saturated heterocycles. The average Bonchev–Trinajstić information content (AvgIpc) is 3.05. The molecule has 0 amide bonds. The van der Waals surface area contributed by atoms with Gasteiger partial charge in [0.25, 0.3) is 0 Å². The maximum atomic E-state index is 13.1. The fraction of sp³-hybridized carbons (Fsp3) is 0.333. The summed E-state index contributed by atoms with van der Waals surface area (Å²) in [5.41, 5.74) is 2.70. The van der Waals surface area contributed by atoms with Crippen molar-refractivity contribution in [3.63, 3.8) is 0 Å². The molecule has 1 saturated carbocycles. The zero-order valence-electron chi connectivity index (χ0n) is 11.9. The molecule has 1 aliphatic rings. The topological polar surface area (TPSA) is 12.0 Å². The minimum Gasteiger partial charge on any atom is -0.303 e. The first-order valence-corrected chi connectivity index (χ1v) is 7.13. The van der Waals surface area contributed by atoms with Crippen molar-refractivity contribution in [2.24, 2.45) is 5.41 Å². The number of hydrogen-bond donors (Lipinski definition) is 1. The SMILES string of the molecule is CC1(C)CC1NC(c1ccccc1)c1ccc(F)cc1. The van der Waals surface area contributed by atoms with Gasteiger partial charge in [-0.3, -0.25) is 0 Å². The summed E-state index contributed by atoms with van der Waals surface area (Å²) in [5.74, 6) is -0.188. The molecule has 0 radical (unpaired) electrons. The van der Waals surface area contributed by atoms with Gasteiger partial charge in [-0.15, -0.1) is 0 Å². The van der Waals surface area contributed by atoms with Gasteiger partial charge >= 0.3 is 0 Å². The molecule has 0 spiro atoms. The van der Waals surface area contributed by atoms with Crippen molar-refractivity contribution >= 4 is 0 Å². The summed E-state index contributed by atoms with van der Waals surface area (Å²) in [6.45, 7) is 4.55. The Morgan fingerprint density at radius 1 is 1.00 bits per heavy atom. The zero-order valence-corrected chi connectivity index (χ0v) is 11.9. The highest BCUT2D eigenvalue weighted by Crippen LogP contribution is 2.46. The molecule has 104 valence electrons. The fourth-order valence-electron chi connectivity index (χ4n) is 2.64. The molecule has 2 aromatic carbocycles. The normalized spacial score (nSPS) is 21.4. The van der Waals surface area contributed by atoms with E-state index >= 15 is 0 Å². The minimum atomic E-state index is -0.188. The lowest BCUT2D eigenvalue weighted by Gasteiger charge is -2.21. The lowest BCUT2D eigenvalue weighted by atomic mass is 9.98. The van der Waals surface area contributed by atoms with Gasteiger partial charge in [-0.2, -0.15) is 0 Å². The van der Waals surface area contributed by atoms with Crippen LogP contribution in [0.2, 0.25) is 0 Å². The molecular weight excluding hydrogens is 249 g/mol. The van der Waals surface area contributed by atoms with Crippen LogP contribution in [0.3, 0.4) is 0 Å². The molecule has 20 heavy (non-hydrogen) atoms. The van der Waals surface area contributed by atoms with E-state index in [0.29, 0.717) is 11.5 Å². The Bertz CT molecular complexity index is 574. The Morgan fingerprint density at radius 3 is 2.10 bits per heavy atom. The third-order valence-electron chi connectivity index (χ3n) is 4.22. The van der Waals surface area contributed by atoms with Crippen LogP contribution in [0.5, 0.6) is 0 Å². The van der Waals surface area contributed by atoms with E-state index < -0.39 is 0 Å². The molecule has 0 bridgehead atoms. The van der Waals surface area contributed by atoms with Crippen LogP contribution in [0.1, 0.15) is 37.4 Å². The quantitative estimate of drug-likeness (QED) is 0.872. The van der Waals surface area contributed by atoms with E-state index in [1.165, 1.54) is 24.1 Å². The van der Waals surface area contributed by atoms with Crippen LogP contribution in [-0.4, -0.2) is 6.04 Å². The summed E-state index contributed by atoms with van der Waals surface area (Å²) in [5, 5.41) is 3.71. The Hall–Kier alpha value is -1.67. The van der Waals surface area contributed by atoms with Gasteiger partial charge in [0.05, 0.1) is 6.04 Å². The first kappa shape index (κ1) is 13.3. The van der Waals surface area contributed by atoms with Crippen molar-refractivity contribution in [3.05, 3.63) is 71.5 Å². The fourth-order valence-corrected chi connectivity index (χ4v) is 2.64. The van der Waals surface area contributed by atoms with E-state index in [-0.39, 0.29) is 11.9 Å². The van der Waals surface area contributed by atoms with Gasteiger partial charge in [0.2, 0.25) is 0 Å². The molecule has 1 fully saturated rings. The second kappa shape index (κ2) is 5.02. The van der Waals surface area contributed by atoms with Crippen molar-refractivity contribution in [1.29, 1.82) is 0 Å². The van der Waals surface area contributed by atoms with Crippen molar-refractivity contribution in [2.45, 2.75) is 32.4 Å². The van der Waals surface area contributed by atoms with Crippen LogP contribution in [0.4, 0.5) is 4.39 Å². The molecule has 2 unspecified atom stereocenters. The molecule has 2 aromatic rings. The lowest BCUT2D eigenvalue weighted by molar-refractivity contribution is 0.507. The van der Waals surface area contributed by atoms with Crippen LogP contribution in [0.15, 0.2) is 54.6 Å². The lowest BCUT2D eigenvalue weighted by Crippen LogP contribution is -2.27. The monoisotopic (exact) mass is 269 g/mol. The summed E-state index contributed by atoms with van der Waals surface area (Å²) in [6.07, 6.45) is 1.19. The Balaban J connectivity index is 1.89. The number of benzene rings is 2. The maximum absolute atomic E-state index is 13.1. The van der Waals surface area contributed by atoms with Crippen LogP contribution >= 0.6 is 0 Å². The van der Waals surface area contributed by atoms with Gasteiger partial charge in [0, 0.05) is 6.04 Å². The second-order valence-electron chi connectivity index (χ2n) is 6.31. The Kier molecular flexibility index (Phi) is 3.35. The van der Waals surface area contributed by atoms with Crippen LogP contribution < -0.4 is 5.32 Å². The Labute approximate surface area is 119 Å². The second-order valence-corrected chi connectivity index (χ2v) is 6.31. The van der Waals surface area contributed by atoms with Crippen molar-refractivity contribution in [2.75, 3.05) is 0 Å². The van der Waals surface area contributed by atoms with E-state index in [9.17, 15) is 4.39 Å². The predicted octanol–water partition coefficient (Wildman–Crippen LogP) is 4.30. The van der Waals surface area contributed by atoms with Gasteiger partial charge in [0.15, 0.2) is 0 Å². The minimum absolute atomic E-state index is 0.128. The molecule has 0 heterocycles. The summed E-state index contributed by atoms with van der Waals surface area (Å²) >= 11 is 0. The average molecular weight is 269 g/mol. The third kappa shape index (κ3) is 2.75. The highest BCUT2D eigenvalue weighted by atomic mass is 19.1. The standard InChI is InChI=1S/C18H20FN/c1-18(2)12-16(18)20-17(13-6-4-3-5-7-13)14-8-10-15(19)11-9-14/h3-11,16-17,20H,12H2,1-2H3. The number of hydrogen-bond acceptors (Lipinski definition) is 1. The summed E-state index contributed by atoms with van der Waals surface area (Å²) in [4.78, 5) is 0. The van der Waals surface area contributed by atoms with Crippen molar-refractivity contribution in [1.82, 2.24) is 5.32 Å². The van der Waals surface area contributed by atoms with E-state index in [1.807, 2.05) is 30.3 Å². The third-order valence-corrected chi connectivity index (χ3v) is 4.22. The zero-order chi connectivity index (χ0) is 14.2. The van der Waals surface area contributed by atoms with Gasteiger partial charge in [-0.05, 0) is 35.1 Å². The Morgan fingerprint density at radius 2 is 1.55 bits per heavy atom. The molecule has 1 nitrogen and oxygen atoms in total. The first-order valence-electron chi connectivity index (χ1n) is 7.13. The van der Waals surface area contributed by atoms with E-state index in [4.69, 9.17) is 0 Å². The molecule has 2 heteroatoms. The highest BCUT2D eigenvalue weighted by Gasteiger charge is 2.46. The summed E-state index contributed by atoms with van der Waals surface area (Å²) in [7, 11) is 0. The number of rotatable bonds is 4. The van der Waals surface area contributed by atoms with Crippen molar-refractivity contribution in [3.8, 4) is 0 Å². The molecular formula is C18H20FN. The molecule has 3 rings (SSSR count). The van der Waals surface area contributed by atoms with Crippen molar-refractivity contribution < 1.29 is 4.39 Å². The van der Waals surface area contributed by atoms with Crippen LogP contribution in [0.25, 0.3) is 0 Å². The number of nitrogens with one attached hydrogen (secondary N) is 1. The molecule has 0 aliphatic heterocycles. The maximum Gasteiger partial charge on any atom is 0.123 e. The molecule has 1 N–H and O–H groups in total. The largest absolute Gasteiger partial charge is 0.303 e. The van der Waals surface area contributed by atoms with E-state index in [2.05, 4.69) is 31.3 Å². The molecule has 1 aliphatic carbocycles. The number of halogens is 1. The summed E-state index contributed by atoms with van der Waals surface area (Å²) in [6, 6.07) is 17.8. The van der Waals surface area contributed by atoms with Gasteiger partial charge in [-0.25, -0.2) is 4.39 Å². The molecule has 0 aromatic heterocycles. The highest BCUT2D eigenvalue weighted by molar-refractivity contribution is 5.32.